The van der Waals surface area contributed by atoms with Crippen molar-refractivity contribution in [3.8, 4) is 11.5 Å². The number of aromatic nitrogens is 2. The first-order valence-electron chi connectivity index (χ1n) is 12.3. The molecule has 0 radical (unpaired) electrons. The Morgan fingerprint density at radius 3 is 2.30 bits per heavy atom. The zero-order chi connectivity index (χ0) is 26.2. The van der Waals surface area contributed by atoms with Crippen molar-refractivity contribution in [1.82, 2.24) is 14.9 Å². The Morgan fingerprint density at radius 1 is 0.973 bits per heavy atom. The molecule has 1 aliphatic heterocycles. The molecule has 1 N–H and O–H groups in total. The van der Waals surface area contributed by atoms with Gasteiger partial charge in [0.15, 0.2) is 17.3 Å². The van der Waals surface area contributed by atoms with Crippen LogP contribution in [0.4, 0.5) is 26.1 Å². The molecule has 2 heterocycles. The fourth-order valence-electron chi connectivity index (χ4n) is 4.20. The number of nitrogens with zero attached hydrogens (tertiary/aromatic N) is 4. The summed E-state index contributed by atoms with van der Waals surface area (Å²) in [6, 6.07) is 9.49. The molecule has 3 aromatic rings. The maximum atomic E-state index is 14.6. The molecule has 0 unspecified atom stereocenters. The Bertz CT molecular complexity index is 1130. The molecule has 0 bridgehead atoms. The van der Waals surface area contributed by atoms with E-state index in [1.165, 1.54) is 31.3 Å². The van der Waals surface area contributed by atoms with Crippen LogP contribution in [0.5, 0.6) is 11.5 Å². The van der Waals surface area contributed by atoms with Crippen LogP contribution in [-0.2, 0) is 17.8 Å². The van der Waals surface area contributed by atoms with Crippen molar-refractivity contribution >= 4 is 17.3 Å². The van der Waals surface area contributed by atoms with E-state index in [9.17, 15) is 8.78 Å². The summed E-state index contributed by atoms with van der Waals surface area (Å²) in [7, 11) is 3.08. The summed E-state index contributed by atoms with van der Waals surface area (Å²) < 4.78 is 45.0. The molecule has 37 heavy (non-hydrogen) atoms. The van der Waals surface area contributed by atoms with E-state index in [-0.39, 0.29) is 17.9 Å². The van der Waals surface area contributed by atoms with Gasteiger partial charge in [-0.15, -0.1) is 0 Å². The zero-order valence-electron chi connectivity index (χ0n) is 21.5. The first-order valence-corrected chi connectivity index (χ1v) is 12.3. The van der Waals surface area contributed by atoms with E-state index in [1.54, 1.807) is 14.0 Å². The number of benzene rings is 2. The summed E-state index contributed by atoms with van der Waals surface area (Å²) in [6.07, 6.45) is 3.33. The van der Waals surface area contributed by atoms with Crippen LogP contribution in [0, 0.1) is 11.6 Å². The number of rotatable bonds is 11. The number of piperazine rings is 1. The molecule has 1 aromatic heterocycles. The molecule has 8 nitrogen and oxygen atoms in total. The third-order valence-electron chi connectivity index (χ3n) is 6.42. The quantitative estimate of drug-likeness (QED) is 0.404. The number of hydrogen-bond acceptors (Lipinski definition) is 8. The predicted molar refractivity (Wildman–Crippen MR) is 139 cm³/mol. The van der Waals surface area contributed by atoms with Gasteiger partial charge < -0.3 is 24.4 Å². The molecule has 0 spiro atoms. The van der Waals surface area contributed by atoms with Crippen molar-refractivity contribution in [1.29, 1.82) is 0 Å². The highest BCUT2D eigenvalue weighted by Gasteiger charge is 2.19. The average molecular weight is 514 g/mol. The van der Waals surface area contributed by atoms with Crippen molar-refractivity contribution in [3.05, 3.63) is 65.5 Å². The lowest BCUT2D eigenvalue weighted by Gasteiger charge is -2.36. The largest absolute Gasteiger partial charge is 0.494 e. The van der Waals surface area contributed by atoms with Gasteiger partial charge in [0.1, 0.15) is 12.4 Å². The maximum absolute atomic E-state index is 14.6. The van der Waals surface area contributed by atoms with Gasteiger partial charge in [-0.05, 0) is 42.3 Å². The molecule has 1 fully saturated rings. The minimum atomic E-state index is -0.771. The molecular formula is C27H33F2N5O3. The van der Waals surface area contributed by atoms with E-state index in [0.29, 0.717) is 23.7 Å². The lowest BCUT2D eigenvalue weighted by Crippen LogP contribution is -2.47. The topological polar surface area (TPSA) is 72.0 Å². The number of aryl methyl sites for hydroxylation is 1. The second-order valence-corrected chi connectivity index (χ2v) is 8.72. The van der Waals surface area contributed by atoms with Gasteiger partial charge in [-0.25, -0.2) is 18.7 Å². The Hall–Kier alpha value is -3.50. The Balaban J connectivity index is 1.32. The van der Waals surface area contributed by atoms with E-state index in [1.807, 2.05) is 12.1 Å². The molecule has 1 saturated heterocycles. The number of ether oxygens (including phenoxy) is 3. The minimum absolute atomic E-state index is 0.0111. The predicted octanol–water partition coefficient (Wildman–Crippen LogP) is 4.42. The molecule has 0 atom stereocenters. The fraction of sp³-hybridized carbons (Fsp3) is 0.407. The van der Waals surface area contributed by atoms with Gasteiger partial charge in [-0.2, -0.15) is 0 Å². The summed E-state index contributed by atoms with van der Waals surface area (Å²) in [5, 5.41) is 3.16. The Morgan fingerprint density at radius 2 is 1.68 bits per heavy atom. The van der Waals surface area contributed by atoms with E-state index in [0.717, 1.165) is 45.0 Å². The zero-order valence-corrected chi connectivity index (χ0v) is 21.5. The molecule has 0 aliphatic carbocycles. The van der Waals surface area contributed by atoms with Gasteiger partial charge in [0.05, 0.1) is 31.7 Å². The van der Waals surface area contributed by atoms with E-state index in [2.05, 4.69) is 37.2 Å². The molecule has 0 amide bonds. The highest BCUT2D eigenvalue weighted by molar-refractivity contribution is 5.59. The second-order valence-electron chi connectivity index (χ2n) is 8.72. The smallest absolute Gasteiger partial charge is 0.227 e. The monoisotopic (exact) mass is 513 g/mol. The van der Waals surface area contributed by atoms with Gasteiger partial charge >= 0.3 is 0 Å². The van der Waals surface area contributed by atoms with Crippen LogP contribution >= 0.6 is 0 Å². The molecule has 10 heteroatoms. The first kappa shape index (κ1) is 26.6. The standard InChI is InChI=1S/C27H33F2N5O3/c1-4-19-15-24(36-3)26(29)23(25(19)28)18-37-22-16-30-27(31-17-22)32-20-5-7-21(8-6-20)34-11-9-33(10-12-34)13-14-35-2/h5-8,15-17H,4,9-14,18H2,1-3H3,(H,30,31,32). The molecular weight excluding hydrogens is 480 g/mol. The fourth-order valence-corrected chi connectivity index (χ4v) is 4.20. The minimum Gasteiger partial charge on any atom is -0.494 e. The van der Waals surface area contributed by atoms with Crippen LogP contribution < -0.4 is 19.7 Å². The van der Waals surface area contributed by atoms with Crippen molar-refractivity contribution in [2.75, 3.05) is 63.8 Å². The summed E-state index contributed by atoms with van der Waals surface area (Å²) in [4.78, 5) is 13.3. The van der Waals surface area contributed by atoms with Crippen LogP contribution in [0.25, 0.3) is 0 Å². The summed E-state index contributed by atoms with van der Waals surface area (Å²) in [5.74, 6) is -0.726. The number of anilines is 3. The molecule has 198 valence electrons. The summed E-state index contributed by atoms with van der Waals surface area (Å²) in [5.41, 5.74) is 2.20. The lowest BCUT2D eigenvalue weighted by atomic mass is 10.1. The maximum Gasteiger partial charge on any atom is 0.227 e. The normalized spacial score (nSPS) is 14.0. The molecule has 2 aromatic carbocycles. The van der Waals surface area contributed by atoms with Gasteiger partial charge in [-0.1, -0.05) is 6.92 Å². The second kappa shape index (κ2) is 12.6. The van der Waals surface area contributed by atoms with E-state index in [4.69, 9.17) is 14.2 Å². The summed E-state index contributed by atoms with van der Waals surface area (Å²) >= 11 is 0. The third kappa shape index (κ3) is 6.64. The van der Waals surface area contributed by atoms with Gasteiger partial charge in [-0.3, -0.25) is 4.90 Å². The summed E-state index contributed by atoms with van der Waals surface area (Å²) in [6.45, 7) is 7.19. The van der Waals surface area contributed by atoms with Crippen molar-refractivity contribution in [2.24, 2.45) is 0 Å². The van der Waals surface area contributed by atoms with Crippen LogP contribution in [0.2, 0.25) is 0 Å². The van der Waals surface area contributed by atoms with Crippen molar-refractivity contribution in [3.63, 3.8) is 0 Å². The first-order chi connectivity index (χ1) is 18.0. The molecule has 0 saturated carbocycles. The van der Waals surface area contributed by atoms with Crippen LogP contribution in [0.15, 0.2) is 42.7 Å². The molecule has 1 aliphatic rings. The highest BCUT2D eigenvalue weighted by atomic mass is 19.1. The van der Waals surface area contributed by atoms with Gasteiger partial charge in [0.2, 0.25) is 5.95 Å². The number of halogens is 2. The SMILES string of the molecule is CCc1cc(OC)c(F)c(COc2cnc(Nc3ccc(N4CCN(CCOC)CC4)cc3)nc2)c1F. The highest BCUT2D eigenvalue weighted by Crippen LogP contribution is 2.28. The van der Waals surface area contributed by atoms with Crippen LogP contribution in [0.3, 0.4) is 0 Å². The van der Waals surface area contributed by atoms with Crippen LogP contribution in [-0.4, -0.2) is 68.4 Å². The number of methoxy groups -OCH3 is 2. The van der Waals surface area contributed by atoms with Gasteiger partial charge in [0, 0.05) is 51.2 Å². The Kier molecular flexibility index (Phi) is 9.08. The van der Waals surface area contributed by atoms with E-state index < -0.39 is 11.6 Å². The average Bonchev–Trinajstić information content (AvgIpc) is 2.93. The van der Waals surface area contributed by atoms with Crippen LogP contribution in [0.1, 0.15) is 18.1 Å². The Labute approximate surface area is 216 Å². The number of nitrogens with one attached hydrogen (secondary N) is 1. The molecule has 4 rings (SSSR count). The van der Waals surface area contributed by atoms with Crippen molar-refractivity contribution in [2.45, 2.75) is 20.0 Å². The van der Waals surface area contributed by atoms with E-state index >= 15 is 0 Å². The van der Waals surface area contributed by atoms with Gasteiger partial charge in [0.25, 0.3) is 0 Å². The number of hydrogen-bond donors (Lipinski definition) is 1. The van der Waals surface area contributed by atoms with Crippen molar-refractivity contribution < 1.29 is 23.0 Å². The third-order valence-corrected chi connectivity index (χ3v) is 6.42. The lowest BCUT2D eigenvalue weighted by molar-refractivity contribution is 0.144.